The number of amides is 2. The molecule has 0 saturated carbocycles. The van der Waals surface area contributed by atoms with E-state index >= 15 is 0 Å². The van der Waals surface area contributed by atoms with E-state index in [1.807, 2.05) is 4.90 Å². The molecule has 1 unspecified atom stereocenters. The van der Waals surface area contributed by atoms with Crippen molar-refractivity contribution in [3.63, 3.8) is 0 Å². The summed E-state index contributed by atoms with van der Waals surface area (Å²) >= 11 is 11.9. The molecule has 6 nitrogen and oxygen atoms in total. The minimum Gasteiger partial charge on any atom is -0.468 e. The molecule has 0 aromatic heterocycles. The van der Waals surface area contributed by atoms with Crippen molar-refractivity contribution in [2.75, 3.05) is 38.6 Å². The first kappa shape index (κ1) is 21.4. The van der Waals surface area contributed by atoms with E-state index in [2.05, 4.69) is 5.32 Å². The van der Waals surface area contributed by atoms with Crippen molar-refractivity contribution in [2.24, 2.45) is 0 Å². The molecule has 0 aliphatic carbocycles. The van der Waals surface area contributed by atoms with E-state index in [0.29, 0.717) is 47.5 Å². The second-order valence-corrected chi connectivity index (χ2v) is 7.37. The maximum absolute atomic E-state index is 13.2. The number of halogens is 3. The molecule has 1 atom stereocenters. The third-order valence-corrected chi connectivity index (χ3v) is 5.49. The molecule has 29 heavy (non-hydrogen) atoms. The highest BCUT2D eigenvalue weighted by Gasteiger charge is 2.32. The lowest BCUT2D eigenvalue weighted by atomic mass is 10.0. The summed E-state index contributed by atoms with van der Waals surface area (Å²) in [6.45, 7) is 1.77. The van der Waals surface area contributed by atoms with Crippen LogP contribution >= 0.6 is 23.2 Å². The van der Waals surface area contributed by atoms with Gasteiger partial charge in [0.05, 0.1) is 17.2 Å². The molecule has 1 fully saturated rings. The zero-order chi connectivity index (χ0) is 21.0. The zero-order valence-corrected chi connectivity index (χ0v) is 17.2. The fraction of sp³-hybridized carbons (Fsp3) is 0.300. The molecular formula is C20H20Cl2FN3O3. The number of ether oxygens (including phenoxy) is 1. The first-order chi connectivity index (χ1) is 13.9. The number of nitrogens with one attached hydrogen (secondary N) is 1. The van der Waals surface area contributed by atoms with E-state index in [9.17, 15) is 14.0 Å². The monoisotopic (exact) mass is 439 g/mol. The van der Waals surface area contributed by atoms with E-state index in [4.69, 9.17) is 27.9 Å². The van der Waals surface area contributed by atoms with Crippen LogP contribution in [-0.4, -0.2) is 55.1 Å². The average molecular weight is 440 g/mol. The van der Waals surface area contributed by atoms with Crippen LogP contribution in [0, 0.1) is 5.82 Å². The highest BCUT2D eigenvalue weighted by molar-refractivity contribution is 6.42. The first-order valence-corrected chi connectivity index (χ1v) is 9.73. The van der Waals surface area contributed by atoms with E-state index in [0.717, 1.165) is 0 Å². The third kappa shape index (κ3) is 5.18. The van der Waals surface area contributed by atoms with Crippen LogP contribution in [0.3, 0.4) is 0 Å². The second-order valence-electron chi connectivity index (χ2n) is 6.56. The summed E-state index contributed by atoms with van der Waals surface area (Å²) in [7, 11) is 1.32. The Morgan fingerprint density at radius 1 is 1.03 bits per heavy atom. The average Bonchev–Trinajstić information content (AvgIpc) is 2.72. The van der Waals surface area contributed by atoms with Gasteiger partial charge in [-0.2, -0.15) is 0 Å². The van der Waals surface area contributed by atoms with Crippen LogP contribution in [0.4, 0.5) is 14.9 Å². The maximum atomic E-state index is 13.2. The van der Waals surface area contributed by atoms with Crippen molar-refractivity contribution in [3.8, 4) is 0 Å². The van der Waals surface area contributed by atoms with Gasteiger partial charge in [0, 0.05) is 31.9 Å². The summed E-state index contributed by atoms with van der Waals surface area (Å²) in [6.07, 6.45) is 0. The number of methoxy groups -OCH3 is 1. The Labute approximate surface area is 178 Å². The van der Waals surface area contributed by atoms with Crippen LogP contribution in [0.15, 0.2) is 42.5 Å². The SMILES string of the molecule is COC(=O)C(c1ccc(F)cc1)N1CCN(C(=O)Nc2ccc(Cl)c(Cl)c2)CC1. The molecule has 2 aromatic rings. The number of anilines is 1. The van der Waals surface area contributed by atoms with Gasteiger partial charge in [0.25, 0.3) is 0 Å². The van der Waals surface area contributed by atoms with Crippen LogP contribution < -0.4 is 5.32 Å². The molecule has 2 amide bonds. The van der Waals surface area contributed by atoms with Gasteiger partial charge >= 0.3 is 12.0 Å². The molecule has 0 bridgehead atoms. The van der Waals surface area contributed by atoms with Crippen LogP contribution in [-0.2, 0) is 9.53 Å². The maximum Gasteiger partial charge on any atom is 0.327 e. The van der Waals surface area contributed by atoms with Gasteiger partial charge in [-0.05, 0) is 35.9 Å². The standard InChI is InChI=1S/C20H20Cl2FN3O3/c1-29-19(27)18(13-2-4-14(23)5-3-13)25-8-10-26(11-9-25)20(28)24-15-6-7-16(21)17(22)12-15/h2-7,12,18H,8-11H2,1H3,(H,24,28). The van der Waals surface area contributed by atoms with Crippen LogP contribution in [0.1, 0.15) is 11.6 Å². The van der Waals surface area contributed by atoms with Crippen molar-refractivity contribution in [1.29, 1.82) is 0 Å². The van der Waals surface area contributed by atoms with Gasteiger partial charge in [0.15, 0.2) is 0 Å². The largest absolute Gasteiger partial charge is 0.468 e. The number of carbonyl (C=O) groups excluding carboxylic acids is 2. The van der Waals surface area contributed by atoms with Crippen LogP contribution in [0.25, 0.3) is 0 Å². The molecule has 0 spiro atoms. The number of carbonyl (C=O) groups is 2. The Balaban J connectivity index is 1.64. The number of rotatable bonds is 4. The minimum absolute atomic E-state index is 0.264. The van der Waals surface area contributed by atoms with Crippen molar-refractivity contribution in [3.05, 3.63) is 63.9 Å². The smallest absolute Gasteiger partial charge is 0.327 e. The van der Waals surface area contributed by atoms with Gasteiger partial charge in [-0.15, -0.1) is 0 Å². The number of hydrogen-bond acceptors (Lipinski definition) is 4. The van der Waals surface area contributed by atoms with Gasteiger partial charge in [0.1, 0.15) is 11.9 Å². The predicted octanol–water partition coefficient (Wildman–Crippen LogP) is 4.20. The summed E-state index contributed by atoms with van der Waals surface area (Å²) in [4.78, 5) is 28.4. The summed E-state index contributed by atoms with van der Waals surface area (Å²) in [5.41, 5.74) is 1.19. The van der Waals surface area contributed by atoms with Crippen LogP contribution in [0.5, 0.6) is 0 Å². The topological polar surface area (TPSA) is 61.9 Å². The Bertz CT molecular complexity index is 887. The van der Waals surface area contributed by atoms with Gasteiger partial charge in [-0.3, -0.25) is 4.90 Å². The molecule has 154 valence electrons. The van der Waals surface area contributed by atoms with Gasteiger partial charge < -0.3 is 15.0 Å². The van der Waals surface area contributed by atoms with Crippen molar-refractivity contribution in [2.45, 2.75) is 6.04 Å². The molecule has 1 aliphatic rings. The van der Waals surface area contributed by atoms with Gasteiger partial charge in [0.2, 0.25) is 0 Å². The molecule has 2 aromatic carbocycles. The lowest BCUT2D eigenvalue weighted by Crippen LogP contribution is -2.52. The summed E-state index contributed by atoms with van der Waals surface area (Å²) in [5, 5.41) is 3.55. The molecule has 1 aliphatic heterocycles. The highest BCUT2D eigenvalue weighted by atomic mass is 35.5. The predicted molar refractivity (Wildman–Crippen MR) is 110 cm³/mol. The minimum atomic E-state index is -0.652. The van der Waals surface area contributed by atoms with Gasteiger partial charge in [-0.25, -0.2) is 14.0 Å². The van der Waals surface area contributed by atoms with E-state index in [-0.39, 0.29) is 11.8 Å². The summed E-state index contributed by atoms with van der Waals surface area (Å²) in [5.74, 6) is -0.800. The molecular weight excluding hydrogens is 420 g/mol. The van der Waals surface area contributed by atoms with Crippen molar-refractivity contribution < 1.29 is 18.7 Å². The van der Waals surface area contributed by atoms with Gasteiger partial charge in [-0.1, -0.05) is 35.3 Å². The number of esters is 1. The fourth-order valence-electron chi connectivity index (χ4n) is 3.21. The van der Waals surface area contributed by atoms with E-state index in [1.54, 1.807) is 35.2 Å². The van der Waals surface area contributed by atoms with Crippen molar-refractivity contribution in [1.82, 2.24) is 9.80 Å². The Morgan fingerprint density at radius 3 is 2.28 bits per heavy atom. The molecule has 1 saturated heterocycles. The normalized spacial score (nSPS) is 15.7. The first-order valence-electron chi connectivity index (χ1n) is 8.97. The molecule has 1 N–H and O–H groups in total. The zero-order valence-electron chi connectivity index (χ0n) is 15.7. The highest BCUT2D eigenvalue weighted by Crippen LogP contribution is 2.26. The Hall–Kier alpha value is -2.35. The number of piperazine rings is 1. The molecule has 0 radical (unpaired) electrons. The summed E-state index contributed by atoms with van der Waals surface area (Å²) < 4.78 is 18.2. The Kier molecular flexibility index (Phi) is 6.95. The fourth-order valence-corrected chi connectivity index (χ4v) is 3.51. The number of urea groups is 1. The van der Waals surface area contributed by atoms with Crippen molar-refractivity contribution >= 4 is 40.9 Å². The number of benzene rings is 2. The Morgan fingerprint density at radius 2 is 1.69 bits per heavy atom. The van der Waals surface area contributed by atoms with E-state index in [1.165, 1.54) is 19.2 Å². The second kappa shape index (κ2) is 9.43. The quantitative estimate of drug-likeness (QED) is 0.725. The van der Waals surface area contributed by atoms with Crippen LogP contribution in [0.2, 0.25) is 10.0 Å². The lowest BCUT2D eigenvalue weighted by Gasteiger charge is -2.38. The molecule has 3 rings (SSSR count). The number of hydrogen-bond donors (Lipinski definition) is 1. The molecule has 9 heteroatoms. The molecule has 1 heterocycles. The number of nitrogens with zero attached hydrogens (tertiary/aromatic N) is 2. The third-order valence-electron chi connectivity index (χ3n) is 4.75. The van der Waals surface area contributed by atoms with E-state index < -0.39 is 12.0 Å². The summed E-state index contributed by atoms with van der Waals surface area (Å²) in [6, 6.07) is 9.71. The lowest BCUT2D eigenvalue weighted by molar-refractivity contribution is -0.148.